The monoisotopic (exact) mass is 321 g/mol. The zero-order chi connectivity index (χ0) is 15.4. The molecule has 2 aliphatic heterocycles. The Morgan fingerprint density at radius 2 is 2.36 bits per heavy atom. The molecule has 1 atom stereocenters. The number of ether oxygens (including phenoxy) is 1. The highest BCUT2D eigenvalue weighted by Crippen LogP contribution is 2.28. The molecule has 22 heavy (non-hydrogen) atoms. The summed E-state index contributed by atoms with van der Waals surface area (Å²) < 4.78 is 5.52. The second-order valence-corrected chi connectivity index (χ2v) is 6.32. The first-order valence-electron chi connectivity index (χ1n) is 7.37. The summed E-state index contributed by atoms with van der Waals surface area (Å²) in [7, 11) is 0. The molecule has 3 N–H and O–H groups in total. The maximum Gasteiger partial charge on any atom is 0.238 e. The number of nitrogens with one attached hydrogen (secondary N) is 3. The van der Waals surface area contributed by atoms with E-state index in [1.165, 1.54) is 0 Å². The number of rotatable bonds is 4. The van der Waals surface area contributed by atoms with Crippen molar-refractivity contribution in [2.75, 3.05) is 30.1 Å². The second-order valence-electron chi connectivity index (χ2n) is 5.29. The van der Waals surface area contributed by atoms with Gasteiger partial charge in [-0.15, -0.1) is 11.8 Å². The van der Waals surface area contributed by atoms with Gasteiger partial charge in [-0.2, -0.15) is 0 Å². The third-order valence-electron chi connectivity index (χ3n) is 3.65. The van der Waals surface area contributed by atoms with E-state index in [1.807, 2.05) is 18.2 Å². The van der Waals surface area contributed by atoms with Crippen LogP contribution in [-0.2, 0) is 16.0 Å². The molecule has 0 aliphatic carbocycles. The molecule has 1 fully saturated rings. The van der Waals surface area contributed by atoms with Gasteiger partial charge >= 0.3 is 0 Å². The first kappa shape index (κ1) is 15.2. The lowest BCUT2D eigenvalue weighted by Crippen LogP contribution is -2.42. The fraction of sp³-hybridized carbons (Fsp3) is 0.467. The fourth-order valence-electron chi connectivity index (χ4n) is 2.44. The van der Waals surface area contributed by atoms with Crippen molar-refractivity contribution >= 4 is 29.3 Å². The molecule has 2 aliphatic rings. The molecule has 2 amide bonds. The van der Waals surface area contributed by atoms with Crippen LogP contribution in [0.25, 0.3) is 0 Å². The van der Waals surface area contributed by atoms with Gasteiger partial charge in [0.15, 0.2) is 0 Å². The molecule has 3 rings (SSSR count). The van der Waals surface area contributed by atoms with Gasteiger partial charge in [-0.05, 0) is 24.1 Å². The van der Waals surface area contributed by atoms with E-state index in [2.05, 4.69) is 16.0 Å². The number of carbonyl (C=O) groups is 2. The van der Waals surface area contributed by atoms with Gasteiger partial charge < -0.3 is 15.4 Å². The number of fused-ring (bicyclic) bond motifs is 1. The molecule has 1 unspecified atom stereocenters. The third-order valence-corrected chi connectivity index (χ3v) is 4.59. The fourth-order valence-corrected chi connectivity index (χ4v) is 3.38. The number of amides is 2. The van der Waals surface area contributed by atoms with Crippen LogP contribution in [0.15, 0.2) is 18.2 Å². The van der Waals surface area contributed by atoms with Gasteiger partial charge in [0.25, 0.3) is 0 Å². The van der Waals surface area contributed by atoms with Crippen LogP contribution in [-0.4, -0.2) is 42.6 Å². The maximum atomic E-state index is 11.9. The van der Waals surface area contributed by atoms with Crippen LogP contribution in [0, 0.1) is 0 Å². The maximum absolute atomic E-state index is 11.9. The smallest absolute Gasteiger partial charge is 0.238 e. The summed E-state index contributed by atoms with van der Waals surface area (Å²) in [6, 6.07) is 5.66. The highest BCUT2D eigenvalue weighted by molar-refractivity contribution is 7.99. The molecular formula is C15H19N3O3S. The molecule has 0 bridgehead atoms. The number of hydrogen-bond donors (Lipinski definition) is 3. The van der Waals surface area contributed by atoms with Gasteiger partial charge in [-0.3, -0.25) is 14.9 Å². The molecule has 0 saturated carbocycles. The molecular weight excluding hydrogens is 302 g/mol. The number of benzene rings is 1. The average molecular weight is 321 g/mol. The van der Waals surface area contributed by atoms with Crippen molar-refractivity contribution in [1.29, 1.82) is 0 Å². The van der Waals surface area contributed by atoms with Gasteiger partial charge in [0.2, 0.25) is 11.8 Å². The second kappa shape index (κ2) is 7.02. The Bertz CT molecular complexity index is 573. The number of thioether (sulfide) groups is 1. The summed E-state index contributed by atoms with van der Waals surface area (Å²) in [5.41, 5.74) is 1.76. The Morgan fingerprint density at radius 3 is 3.18 bits per heavy atom. The van der Waals surface area contributed by atoms with E-state index in [1.54, 1.807) is 11.8 Å². The van der Waals surface area contributed by atoms with E-state index in [-0.39, 0.29) is 17.9 Å². The summed E-state index contributed by atoms with van der Waals surface area (Å²) in [4.78, 5) is 23.4. The van der Waals surface area contributed by atoms with Crippen LogP contribution >= 0.6 is 11.8 Å². The zero-order valence-electron chi connectivity index (χ0n) is 12.2. The molecule has 0 radical (unpaired) electrons. The summed E-state index contributed by atoms with van der Waals surface area (Å²) in [5.74, 6) is 2.38. The molecule has 1 aromatic carbocycles. The molecule has 2 heterocycles. The zero-order valence-corrected chi connectivity index (χ0v) is 13.0. The van der Waals surface area contributed by atoms with Crippen molar-refractivity contribution in [2.24, 2.45) is 0 Å². The highest BCUT2D eigenvalue weighted by Gasteiger charge is 2.21. The lowest BCUT2D eigenvalue weighted by molar-refractivity contribution is -0.122. The van der Waals surface area contributed by atoms with Crippen LogP contribution in [0.5, 0.6) is 5.75 Å². The van der Waals surface area contributed by atoms with Crippen LogP contribution in [0.2, 0.25) is 0 Å². The van der Waals surface area contributed by atoms with E-state index >= 15 is 0 Å². The minimum absolute atomic E-state index is 0.0333. The van der Waals surface area contributed by atoms with Gasteiger partial charge in [0.05, 0.1) is 24.8 Å². The molecule has 0 aromatic heterocycles. The molecule has 0 spiro atoms. The van der Waals surface area contributed by atoms with Crippen molar-refractivity contribution in [3.05, 3.63) is 23.8 Å². The van der Waals surface area contributed by atoms with E-state index < -0.39 is 0 Å². The average Bonchev–Trinajstić information content (AvgIpc) is 2.97. The van der Waals surface area contributed by atoms with Gasteiger partial charge in [-0.1, -0.05) is 6.07 Å². The van der Waals surface area contributed by atoms with E-state index in [4.69, 9.17) is 4.74 Å². The standard InChI is InChI=1S/C15H19N3O3S/c19-14-4-6-21-13-2-1-10(7-11(13)18-14)3-5-16-15(20)12-8-22-9-17-12/h1-2,7,12,17H,3-6,8-9H2,(H,16,20)(H,18,19). The minimum atomic E-state index is -0.0790. The summed E-state index contributed by atoms with van der Waals surface area (Å²) in [6.45, 7) is 0.982. The first-order valence-corrected chi connectivity index (χ1v) is 8.52. The first-order chi connectivity index (χ1) is 10.7. The van der Waals surface area contributed by atoms with Crippen molar-refractivity contribution < 1.29 is 14.3 Å². The lowest BCUT2D eigenvalue weighted by Gasteiger charge is -2.12. The quantitative estimate of drug-likeness (QED) is 0.762. The largest absolute Gasteiger partial charge is 0.491 e. The molecule has 118 valence electrons. The van der Waals surface area contributed by atoms with Gasteiger partial charge in [-0.25, -0.2) is 0 Å². The van der Waals surface area contributed by atoms with E-state index in [0.717, 1.165) is 23.6 Å². The molecule has 6 nitrogen and oxygen atoms in total. The van der Waals surface area contributed by atoms with Crippen molar-refractivity contribution in [1.82, 2.24) is 10.6 Å². The summed E-state index contributed by atoms with van der Waals surface area (Å²) >= 11 is 1.73. The van der Waals surface area contributed by atoms with Crippen LogP contribution in [0.4, 0.5) is 5.69 Å². The van der Waals surface area contributed by atoms with Crippen molar-refractivity contribution in [3.63, 3.8) is 0 Å². The van der Waals surface area contributed by atoms with Crippen LogP contribution < -0.4 is 20.7 Å². The SMILES string of the molecule is O=C1CCOc2ccc(CCNC(=O)C3CSCN3)cc2N1. The van der Waals surface area contributed by atoms with Crippen molar-refractivity contribution in [2.45, 2.75) is 18.9 Å². The summed E-state index contributed by atoms with van der Waals surface area (Å²) in [5, 5.41) is 8.93. The van der Waals surface area contributed by atoms with Crippen LogP contribution in [0.3, 0.4) is 0 Å². The Labute approximate surface area is 133 Å². The normalized spacial score (nSPS) is 20.5. The van der Waals surface area contributed by atoms with Gasteiger partial charge in [0, 0.05) is 18.2 Å². The Morgan fingerprint density at radius 1 is 1.45 bits per heavy atom. The van der Waals surface area contributed by atoms with Crippen molar-refractivity contribution in [3.8, 4) is 5.75 Å². The predicted molar refractivity (Wildman–Crippen MR) is 86.1 cm³/mol. The highest BCUT2D eigenvalue weighted by atomic mass is 32.2. The third kappa shape index (κ3) is 3.72. The minimum Gasteiger partial charge on any atom is -0.491 e. The Kier molecular flexibility index (Phi) is 4.84. The van der Waals surface area contributed by atoms with Crippen LogP contribution in [0.1, 0.15) is 12.0 Å². The Balaban J connectivity index is 1.54. The predicted octanol–water partition coefficient (Wildman–Crippen LogP) is 0.729. The number of carbonyl (C=O) groups excluding carboxylic acids is 2. The lowest BCUT2D eigenvalue weighted by atomic mass is 10.1. The Hall–Kier alpha value is -1.73. The topological polar surface area (TPSA) is 79.5 Å². The number of anilines is 1. The van der Waals surface area contributed by atoms with Gasteiger partial charge in [0.1, 0.15) is 5.75 Å². The van der Waals surface area contributed by atoms with E-state index in [0.29, 0.717) is 31.0 Å². The molecule has 1 aromatic rings. The molecule has 1 saturated heterocycles. The number of hydrogen-bond acceptors (Lipinski definition) is 5. The molecule has 7 heteroatoms. The van der Waals surface area contributed by atoms with E-state index in [9.17, 15) is 9.59 Å². The summed E-state index contributed by atoms with van der Waals surface area (Å²) in [6.07, 6.45) is 1.08.